The van der Waals surface area contributed by atoms with E-state index in [1.165, 1.54) is 11.3 Å². The smallest absolute Gasteiger partial charge is 0.341 e. The summed E-state index contributed by atoms with van der Waals surface area (Å²) >= 11 is 1.29. The Morgan fingerprint density at radius 2 is 1.87 bits per heavy atom. The van der Waals surface area contributed by atoms with Gasteiger partial charge in [0.05, 0.1) is 10.2 Å². The molecule has 0 aliphatic carbocycles. The molecule has 0 saturated carbocycles. The highest BCUT2D eigenvalue weighted by atomic mass is 32.1. The van der Waals surface area contributed by atoms with E-state index in [-0.39, 0.29) is 29.7 Å². The van der Waals surface area contributed by atoms with Gasteiger partial charge in [-0.2, -0.15) is 0 Å². The summed E-state index contributed by atoms with van der Waals surface area (Å²) in [6, 6.07) is 11.1. The second-order valence-corrected chi connectivity index (χ2v) is 8.70. The van der Waals surface area contributed by atoms with Crippen LogP contribution in [0.5, 0.6) is 5.75 Å². The first-order chi connectivity index (χ1) is 15.0. The minimum Gasteiger partial charge on any atom is -0.482 e. The van der Waals surface area contributed by atoms with Crippen LogP contribution in [-0.2, 0) is 17.9 Å². The third-order valence-electron chi connectivity index (χ3n) is 5.77. The van der Waals surface area contributed by atoms with E-state index in [4.69, 9.17) is 4.74 Å². The Hall–Kier alpha value is -3.13. The number of carbonyl (C=O) groups is 2. The maximum Gasteiger partial charge on any atom is 0.341 e. The number of aromatic carboxylic acids is 1. The number of aromatic nitrogens is 1. The number of thiophene rings is 1. The second-order valence-electron chi connectivity index (χ2n) is 7.78. The molecule has 3 heterocycles. The van der Waals surface area contributed by atoms with E-state index in [2.05, 4.69) is 0 Å². The minimum atomic E-state index is -1.17. The zero-order chi connectivity index (χ0) is 22.0. The van der Waals surface area contributed by atoms with Gasteiger partial charge in [-0.25, -0.2) is 4.79 Å². The molecule has 1 aliphatic rings. The highest BCUT2D eigenvalue weighted by molar-refractivity contribution is 7.17. The Bertz CT molecular complexity index is 1160. The first kappa shape index (κ1) is 21.1. The quantitative estimate of drug-likeness (QED) is 0.633. The van der Waals surface area contributed by atoms with Gasteiger partial charge in [0.2, 0.25) is 11.7 Å². The number of rotatable bonds is 6. The van der Waals surface area contributed by atoms with Gasteiger partial charge in [-0.3, -0.25) is 9.59 Å². The van der Waals surface area contributed by atoms with Crippen LogP contribution in [-0.4, -0.2) is 39.5 Å². The molecule has 3 aromatic rings. The van der Waals surface area contributed by atoms with E-state index >= 15 is 0 Å². The third kappa shape index (κ3) is 4.34. The number of carboxylic acids is 1. The normalized spacial score (nSPS) is 14.7. The maximum absolute atomic E-state index is 13.4. The summed E-state index contributed by atoms with van der Waals surface area (Å²) < 4.78 is 7.99. The number of amides is 1. The summed E-state index contributed by atoms with van der Waals surface area (Å²) in [7, 11) is 0. The van der Waals surface area contributed by atoms with Gasteiger partial charge in [0.15, 0.2) is 0 Å². The molecule has 7 nitrogen and oxygen atoms in total. The van der Waals surface area contributed by atoms with Crippen LogP contribution >= 0.6 is 11.3 Å². The molecule has 1 amide bonds. The summed E-state index contributed by atoms with van der Waals surface area (Å²) in [6.07, 6.45) is 1.61. The van der Waals surface area contributed by atoms with Crippen molar-refractivity contribution in [2.24, 2.45) is 5.92 Å². The molecule has 1 aromatic carbocycles. The van der Waals surface area contributed by atoms with Gasteiger partial charge in [-0.1, -0.05) is 30.3 Å². The van der Waals surface area contributed by atoms with Crippen LogP contribution in [0.3, 0.4) is 0 Å². The highest BCUT2D eigenvalue weighted by Gasteiger charge is 2.27. The first-order valence-corrected chi connectivity index (χ1v) is 11.1. The average molecular weight is 441 g/mol. The molecule has 162 valence electrons. The molecule has 1 fully saturated rings. The zero-order valence-corrected chi connectivity index (χ0v) is 18.1. The Balaban J connectivity index is 1.69. The number of likely N-dealkylation sites (tertiary alicyclic amines) is 1. The van der Waals surface area contributed by atoms with Crippen LogP contribution < -0.4 is 10.3 Å². The lowest BCUT2D eigenvalue weighted by atomic mass is 9.96. The van der Waals surface area contributed by atoms with Crippen LogP contribution in [0.15, 0.2) is 46.6 Å². The Labute approximate surface area is 183 Å². The average Bonchev–Trinajstić information content (AvgIpc) is 3.24. The van der Waals surface area contributed by atoms with Crippen LogP contribution in [0.4, 0.5) is 0 Å². The number of piperidine rings is 1. The van der Waals surface area contributed by atoms with Gasteiger partial charge in [0.25, 0.3) is 5.56 Å². The Morgan fingerprint density at radius 3 is 2.52 bits per heavy atom. The van der Waals surface area contributed by atoms with E-state index < -0.39 is 11.5 Å². The lowest BCUT2D eigenvalue weighted by Gasteiger charge is -2.31. The molecule has 0 radical (unpaired) electrons. The van der Waals surface area contributed by atoms with Crippen molar-refractivity contribution in [3.05, 3.63) is 63.3 Å². The van der Waals surface area contributed by atoms with Crippen molar-refractivity contribution in [1.29, 1.82) is 0 Å². The van der Waals surface area contributed by atoms with Crippen molar-refractivity contribution < 1.29 is 19.4 Å². The molecule has 8 heteroatoms. The Morgan fingerprint density at radius 1 is 1.16 bits per heavy atom. The third-order valence-corrected chi connectivity index (χ3v) is 6.69. The van der Waals surface area contributed by atoms with Crippen LogP contribution in [0, 0.1) is 5.92 Å². The molecule has 1 aliphatic heterocycles. The highest BCUT2D eigenvalue weighted by Crippen LogP contribution is 2.31. The van der Waals surface area contributed by atoms with Crippen molar-refractivity contribution >= 4 is 33.4 Å². The summed E-state index contributed by atoms with van der Waals surface area (Å²) in [4.78, 5) is 38.8. The predicted octanol–water partition coefficient (Wildman–Crippen LogP) is 3.60. The van der Waals surface area contributed by atoms with Crippen LogP contribution in [0.2, 0.25) is 0 Å². The van der Waals surface area contributed by atoms with Crippen molar-refractivity contribution in [3.8, 4) is 5.75 Å². The largest absolute Gasteiger partial charge is 0.482 e. The topological polar surface area (TPSA) is 88.8 Å². The van der Waals surface area contributed by atoms with E-state index in [1.807, 2.05) is 35.2 Å². The molecule has 1 saturated heterocycles. The number of benzene rings is 1. The number of ether oxygens (including phenoxy) is 1. The summed E-state index contributed by atoms with van der Waals surface area (Å²) in [5, 5.41) is 11.6. The summed E-state index contributed by atoms with van der Waals surface area (Å²) in [5.74, 6) is -0.991. The fourth-order valence-corrected chi connectivity index (χ4v) is 5.00. The van der Waals surface area contributed by atoms with Crippen LogP contribution in [0.25, 0.3) is 10.2 Å². The number of hydrogen-bond donors (Lipinski definition) is 1. The maximum atomic E-state index is 13.4. The number of carbonyl (C=O) groups excluding carboxylic acids is 1. The predicted molar refractivity (Wildman–Crippen MR) is 119 cm³/mol. The molecular weight excluding hydrogens is 416 g/mol. The van der Waals surface area contributed by atoms with Crippen molar-refractivity contribution in [2.45, 2.75) is 32.9 Å². The monoisotopic (exact) mass is 440 g/mol. The van der Waals surface area contributed by atoms with E-state index in [0.29, 0.717) is 29.9 Å². The van der Waals surface area contributed by atoms with Crippen molar-refractivity contribution in [3.63, 3.8) is 0 Å². The number of hydrogen-bond acceptors (Lipinski definition) is 5. The standard InChI is InChI=1S/C23H24N2O5S/c1-15(26)24-10-7-16(8-11-24)13-25-18-9-12-31-21(18)19(23(28)29)20(22(25)27)30-14-17-5-3-2-4-6-17/h2-6,9,12,16H,7-8,10-11,13-14H2,1H3,(H,28,29). The molecular formula is C23H24N2O5S. The number of carboxylic acid groups (broad SMARTS) is 1. The van der Waals surface area contributed by atoms with E-state index in [0.717, 1.165) is 18.4 Å². The SMILES string of the molecule is CC(=O)N1CCC(Cn2c(=O)c(OCc3ccccc3)c(C(=O)O)c3sccc32)CC1. The van der Waals surface area contributed by atoms with E-state index in [9.17, 15) is 19.5 Å². The number of pyridine rings is 1. The van der Waals surface area contributed by atoms with Gasteiger partial charge >= 0.3 is 5.97 Å². The second kappa shape index (κ2) is 8.93. The van der Waals surface area contributed by atoms with Gasteiger partial charge < -0.3 is 19.3 Å². The fraction of sp³-hybridized carbons (Fsp3) is 0.348. The first-order valence-electron chi connectivity index (χ1n) is 10.2. The van der Waals surface area contributed by atoms with E-state index in [1.54, 1.807) is 22.9 Å². The van der Waals surface area contributed by atoms with Gasteiger partial charge in [-0.05, 0) is 35.8 Å². The number of fused-ring (bicyclic) bond motifs is 1. The zero-order valence-electron chi connectivity index (χ0n) is 17.2. The summed E-state index contributed by atoms with van der Waals surface area (Å²) in [5.41, 5.74) is 0.975. The molecule has 0 atom stereocenters. The minimum absolute atomic E-state index is 0.0678. The van der Waals surface area contributed by atoms with Gasteiger partial charge in [0, 0.05) is 26.6 Å². The lowest BCUT2D eigenvalue weighted by molar-refractivity contribution is -0.130. The molecule has 0 bridgehead atoms. The van der Waals surface area contributed by atoms with Gasteiger partial charge in [-0.15, -0.1) is 11.3 Å². The molecule has 0 unspecified atom stereocenters. The molecule has 1 N–H and O–H groups in total. The van der Waals surface area contributed by atoms with Crippen LogP contribution in [0.1, 0.15) is 35.7 Å². The summed E-state index contributed by atoms with van der Waals surface area (Å²) in [6.45, 7) is 3.50. The molecule has 0 spiro atoms. The fourth-order valence-electron chi connectivity index (χ4n) is 4.07. The van der Waals surface area contributed by atoms with Gasteiger partial charge in [0.1, 0.15) is 12.2 Å². The van der Waals surface area contributed by atoms with Crippen molar-refractivity contribution in [2.75, 3.05) is 13.1 Å². The Kier molecular flexibility index (Phi) is 6.08. The number of nitrogens with zero attached hydrogens (tertiary/aromatic N) is 2. The molecule has 2 aromatic heterocycles. The molecule has 31 heavy (non-hydrogen) atoms. The van der Waals surface area contributed by atoms with Crippen molar-refractivity contribution in [1.82, 2.24) is 9.47 Å². The molecule has 4 rings (SSSR count). The lowest BCUT2D eigenvalue weighted by Crippen LogP contribution is -2.39.